The predicted molar refractivity (Wildman–Crippen MR) is 97.0 cm³/mol. The number of likely N-dealkylation sites (tertiary alicyclic amines) is 1. The third-order valence-corrected chi connectivity index (χ3v) is 4.75. The molecule has 2 rings (SSSR count). The quantitative estimate of drug-likeness (QED) is 0.712. The van der Waals surface area contributed by atoms with Gasteiger partial charge in [0.1, 0.15) is 0 Å². The molecule has 1 heterocycles. The first-order chi connectivity index (χ1) is 11.3. The van der Waals surface area contributed by atoms with Crippen LogP contribution in [-0.4, -0.2) is 75.9 Å². The third kappa shape index (κ3) is 7.44. The zero-order valence-corrected chi connectivity index (χ0v) is 14.8. The minimum Gasteiger partial charge on any atom is -0.383 e. The van der Waals surface area contributed by atoms with Gasteiger partial charge in [0.25, 0.3) is 0 Å². The zero-order chi connectivity index (χ0) is 16.3. The van der Waals surface area contributed by atoms with E-state index >= 15 is 0 Å². The van der Waals surface area contributed by atoms with Crippen molar-refractivity contribution in [3.8, 4) is 0 Å². The van der Waals surface area contributed by atoms with Crippen molar-refractivity contribution in [1.29, 1.82) is 0 Å². The highest BCUT2D eigenvalue weighted by molar-refractivity contribution is 5.14. The molecule has 1 saturated heterocycles. The SMILES string of the molecule is COCCN(C)CCNC1CCN(CCc2ccccc2)CC1. The average Bonchev–Trinajstić information content (AvgIpc) is 2.60. The number of nitrogens with zero attached hydrogens (tertiary/aromatic N) is 2. The van der Waals surface area contributed by atoms with Crippen molar-refractivity contribution in [3.63, 3.8) is 0 Å². The van der Waals surface area contributed by atoms with Crippen LogP contribution in [0.25, 0.3) is 0 Å². The number of hydrogen-bond acceptors (Lipinski definition) is 4. The second-order valence-electron chi connectivity index (χ2n) is 6.60. The molecule has 130 valence electrons. The average molecular weight is 319 g/mol. The molecular weight excluding hydrogens is 286 g/mol. The lowest BCUT2D eigenvalue weighted by atomic mass is 10.0. The third-order valence-electron chi connectivity index (χ3n) is 4.75. The smallest absolute Gasteiger partial charge is 0.0589 e. The number of methoxy groups -OCH3 is 1. The van der Waals surface area contributed by atoms with Crippen LogP contribution >= 0.6 is 0 Å². The second-order valence-corrected chi connectivity index (χ2v) is 6.60. The molecule has 1 aliphatic rings. The van der Waals surface area contributed by atoms with Gasteiger partial charge in [-0.15, -0.1) is 0 Å². The van der Waals surface area contributed by atoms with Crippen molar-refractivity contribution >= 4 is 0 Å². The lowest BCUT2D eigenvalue weighted by Gasteiger charge is -2.32. The molecule has 1 aromatic rings. The highest BCUT2D eigenvalue weighted by Crippen LogP contribution is 2.11. The van der Waals surface area contributed by atoms with Crippen molar-refractivity contribution in [2.45, 2.75) is 25.3 Å². The highest BCUT2D eigenvalue weighted by atomic mass is 16.5. The fraction of sp³-hybridized carbons (Fsp3) is 0.684. The molecule has 0 bridgehead atoms. The van der Waals surface area contributed by atoms with E-state index in [9.17, 15) is 0 Å². The summed E-state index contributed by atoms with van der Waals surface area (Å²) in [4.78, 5) is 4.93. The molecule has 4 heteroatoms. The van der Waals surface area contributed by atoms with Gasteiger partial charge in [-0.2, -0.15) is 0 Å². The van der Waals surface area contributed by atoms with E-state index in [0.29, 0.717) is 6.04 Å². The Morgan fingerprint density at radius 3 is 2.61 bits per heavy atom. The largest absolute Gasteiger partial charge is 0.383 e. The molecule has 0 aromatic heterocycles. The summed E-state index contributed by atoms with van der Waals surface area (Å²) >= 11 is 0. The van der Waals surface area contributed by atoms with Gasteiger partial charge in [0, 0.05) is 39.3 Å². The Morgan fingerprint density at radius 2 is 1.91 bits per heavy atom. The van der Waals surface area contributed by atoms with E-state index in [-0.39, 0.29) is 0 Å². The maximum atomic E-state index is 5.11. The van der Waals surface area contributed by atoms with E-state index in [4.69, 9.17) is 4.74 Å². The van der Waals surface area contributed by atoms with Gasteiger partial charge in [0.05, 0.1) is 6.61 Å². The van der Waals surface area contributed by atoms with E-state index in [1.165, 1.54) is 44.5 Å². The molecule has 0 radical (unpaired) electrons. The van der Waals surface area contributed by atoms with Crippen molar-refractivity contribution in [3.05, 3.63) is 35.9 Å². The summed E-state index contributed by atoms with van der Waals surface area (Å²) in [7, 11) is 3.92. The monoisotopic (exact) mass is 319 g/mol. The molecule has 4 nitrogen and oxygen atoms in total. The number of ether oxygens (including phenoxy) is 1. The Hall–Kier alpha value is -0.940. The Bertz CT molecular complexity index is 404. The first kappa shape index (κ1) is 18.4. The first-order valence-electron chi connectivity index (χ1n) is 8.95. The van der Waals surface area contributed by atoms with Crippen LogP contribution in [0.4, 0.5) is 0 Å². The van der Waals surface area contributed by atoms with Crippen LogP contribution in [0, 0.1) is 0 Å². The summed E-state index contributed by atoms with van der Waals surface area (Å²) in [5, 5.41) is 3.71. The van der Waals surface area contributed by atoms with Gasteiger partial charge in [-0.25, -0.2) is 0 Å². The second kappa shape index (κ2) is 10.8. The van der Waals surface area contributed by atoms with Crippen LogP contribution in [0.3, 0.4) is 0 Å². The molecule has 1 aromatic carbocycles. The maximum absolute atomic E-state index is 5.11. The number of hydrogen-bond donors (Lipinski definition) is 1. The molecule has 23 heavy (non-hydrogen) atoms. The fourth-order valence-corrected chi connectivity index (χ4v) is 3.11. The molecule has 1 aliphatic heterocycles. The number of nitrogens with one attached hydrogen (secondary N) is 1. The van der Waals surface area contributed by atoms with Crippen LogP contribution in [0.2, 0.25) is 0 Å². The van der Waals surface area contributed by atoms with Crippen molar-refractivity contribution in [1.82, 2.24) is 15.1 Å². The van der Waals surface area contributed by atoms with Gasteiger partial charge < -0.3 is 19.9 Å². The van der Waals surface area contributed by atoms with E-state index in [0.717, 1.165) is 26.2 Å². The van der Waals surface area contributed by atoms with E-state index < -0.39 is 0 Å². The lowest BCUT2D eigenvalue weighted by molar-refractivity contribution is 0.158. The minimum atomic E-state index is 0.693. The van der Waals surface area contributed by atoms with Crippen LogP contribution in [0.15, 0.2) is 30.3 Å². The zero-order valence-electron chi connectivity index (χ0n) is 14.8. The fourth-order valence-electron chi connectivity index (χ4n) is 3.11. The van der Waals surface area contributed by atoms with Gasteiger partial charge in [-0.1, -0.05) is 30.3 Å². The topological polar surface area (TPSA) is 27.7 Å². The van der Waals surface area contributed by atoms with Crippen molar-refractivity contribution in [2.24, 2.45) is 0 Å². The molecule has 0 saturated carbocycles. The minimum absolute atomic E-state index is 0.693. The Balaban J connectivity index is 1.53. The summed E-state index contributed by atoms with van der Waals surface area (Å²) in [6.45, 7) is 7.64. The predicted octanol–water partition coefficient (Wildman–Crippen LogP) is 1.86. The summed E-state index contributed by atoms with van der Waals surface area (Å²) in [5.41, 5.74) is 1.45. The van der Waals surface area contributed by atoms with Crippen LogP contribution in [-0.2, 0) is 11.2 Å². The molecular formula is C19H33N3O. The number of piperidine rings is 1. The number of rotatable bonds is 10. The Labute approximate surface area is 141 Å². The first-order valence-corrected chi connectivity index (χ1v) is 8.95. The van der Waals surface area contributed by atoms with E-state index in [1.807, 2.05) is 0 Å². The van der Waals surface area contributed by atoms with Gasteiger partial charge in [0.15, 0.2) is 0 Å². The van der Waals surface area contributed by atoms with E-state index in [2.05, 4.69) is 52.5 Å². The number of likely N-dealkylation sites (N-methyl/N-ethyl adjacent to an activating group) is 1. The molecule has 1 N–H and O–H groups in total. The summed E-state index contributed by atoms with van der Waals surface area (Å²) in [6, 6.07) is 11.5. The molecule has 0 unspecified atom stereocenters. The maximum Gasteiger partial charge on any atom is 0.0589 e. The van der Waals surface area contributed by atoms with Crippen molar-refractivity contribution in [2.75, 3.05) is 60.0 Å². The highest BCUT2D eigenvalue weighted by Gasteiger charge is 2.18. The summed E-state index contributed by atoms with van der Waals surface area (Å²) < 4.78 is 5.11. The molecule has 0 spiro atoms. The van der Waals surface area contributed by atoms with Gasteiger partial charge in [-0.3, -0.25) is 0 Å². The summed E-state index contributed by atoms with van der Waals surface area (Å²) in [5.74, 6) is 0. The molecule has 1 fully saturated rings. The van der Waals surface area contributed by atoms with Crippen LogP contribution < -0.4 is 5.32 Å². The molecule has 0 amide bonds. The number of benzene rings is 1. The van der Waals surface area contributed by atoms with Gasteiger partial charge in [0.2, 0.25) is 0 Å². The molecule has 0 atom stereocenters. The Morgan fingerprint density at radius 1 is 1.17 bits per heavy atom. The van der Waals surface area contributed by atoms with E-state index in [1.54, 1.807) is 7.11 Å². The van der Waals surface area contributed by atoms with Crippen molar-refractivity contribution < 1.29 is 4.74 Å². The normalized spacial score (nSPS) is 17.0. The standard InChI is InChI=1S/C19H33N3O/c1-21(16-17-23-2)15-11-20-19-9-13-22(14-10-19)12-8-18-6-4-3-5-7-18/h3-7,19-20H,8-17H2,1-2H3. The lowest BCUT2D eigenvalue weighted by Crippen LogP contribution is -2.45. The van der Waals surface area contributed by atoms with Gasteiger partial charge in [-0.05, 0) is 45.0 Å². The molecule has 0 aliphatic carbocycles. The summed E-state index contributed by atoms with van der Waals surface area (Å²) in [6.07, 6.45) is 3.72. The van der Waals surface area contributed by atoms with Crippen LogP contribution in [0.5, 0.6) is 0 Å². The Kier molecular flexibility index (Phi) is 8.61. The van der Waals surface area contributed by atoms with Gasteiger partial charge >= 0.3 is 0 Å². The van der Waals surface area contributed by atoms with Crippen LogP contribution in [0.1, 0.15) is 18.4 Å².